The standard InChI is InChI=1S/C11H16N4O4S/c1-5(2)8(14-10(12)19)9(18)15-11-13-6(4-20-11)3-7(16)17/h4-5,8H,3H2,1-2H3,(H,16,17)(H3,12,14,19)(H,13,15,18). The number of carbonyl (C=O) groups excluding carboxylic acids is 2. The number of nitrogens with two attached hydrogens (primary N) is 1. The van der Waals surface area contributed by atoms with Gasteiger partial charge in [-0.1, -0.05) is 13.8 Å². The zero-order chi connectivity index (χ0) is 15.3. The van der Waals surface area contributed by atoms with Crippen molar-refractivity contribution in [2.75, 3.05) is 5.32 Å². The Morgan fingerprint density at radius 3 is 2.60 bits per heavy atom. The zero-order valence-electron chi connectivity index (χ0n) is 11.0. The molecule has 0 aliphatic carbocycles. The van der Waals surface area contributed by atoms with Crippen LogP contribution in [-0.2, 0) is 16.0 Å². The number of hydrogen-bond donors (Lipinski definition) is 4. The fourth-order valence-electron chi connectivity index (χ4n) is 1.47. The first-order chi connectivity index (χ1) is 9.29. The minimum absolute atomic E-state index is 0.152. The normalized spacial score (nSPS) is 11.9. The van der Waals surface area contributed by atoms with E-state index in [2.05, 4.69) is 15.6 Å². The van der Waals surface area contributed by atoms with Crippen molar-refractivity contribution in [3.63, 3.8) is 0 Å². The maximum absolute atomic E-state index is 12.0. The third kappa shape index (κ3) is 4.84. The zero-order valence-corrected chi connectivity index (χ0v) is 11.9. The number of urea groups is 1. The number of nitrogens with one attached hydrogen (secondary N) is 2. The lowest BCUT2D eigenvalue weighted by Gasteiger charge is -2.19. The second kappa shape index (κ2) is 6.85. The minimum Gasteiger partial charge on any atom is -0.481 e. The molecule has 0 saturated carbocycles. The van der Waals surface area contributed by atoms with Crippen LogP contribution in [-0.4, -0.2) is 34.0 Å². The molecule has 0 bridgehead atoms. The number of carboxylic acid groups (broad SMARTS) is 1. The molecule has 1 heterocycles. The van der Waals surface area contributed by atoms with Crippen LogP contribution in [0.1, 0.15) is 19.5 Å². The van der Waals surface area contributed by atoms with Crippen LogP contribution in [0.25, 0.3) is 0 Å². The van der Waals surface area contributed by atoms with E-state index in [-0.39, 0.29) is 17.5 Å². The Morgan fingerprint density at radius 1 is 1.45 bits per heavy atom. The predicted molar refractivity (Wildman–Crippen MR) is 73.4 cm³/mol. The first-order valence-corrected chi connectivity index (χ1v) is 6.70. The number of carboxylic acids is 1. The minimum atomic E-state index is -0.997. The van der Waals surface area contributed by atoms with Gasteiger partial charge in [0.2, 0.25) is 5.91 Å². The molecule has 20 heavy (non-hydrogen) atoms. The number of aliphatic carboxylic acids is 1. The fourth-order valence-corrected chi connectivity index (χ4v) is 2.19. The summed E-state index contributed by atoms with van der Waals surface area (Å²) in [6.45, 7) is 3.52. The van der Waals surface area contributed by atoms with Crippen molar-refractivity contribution in [2.45, 2.75) is 26.3 Å². The molecule has 0 spiro atoms. The molecule has 0 radical (unpaired) electrons. The number of anilines is 1. The van der Waals surface area contributed by atoms with Crippen LogP contribution in [0.15, 0.2) is 5.38 Å². The molecule has 5 N–H and O–H groups in total. The Bertz CT molecular complexity index is 514. The van der Waals surface area contributed by atoms with E-state index in [1.54, 1.807) is 19.2 Å². The third-order valence-electron chi connectivity index (χ3n) is 2.36. The number of carbonyl (C=O) groups is 3. The van der Waals surface area contributed by atoms with E-state index in [0.29, 0.717) is 5.69 Å². The third-order valence-corrected chi connectivity index (χ3v) is 3.17. The molecule has 9 heteroatoms. The molecule has 1 unspecified atom stereocenters. The molecule has 0 aromatic carbocycles. The molecule has 3 amide bonds. The summed E-state index contributed by atoms with van der Waals surface area (Å²) < 4.78 is 0. The Labute approximate surface area is 119 Å². The smallest absolute Gasteiger partial charge is 0.312 e. The topological polar surface area (TPSA) is 134 Å². The molecule has 8 nitrogen and oxygen atoms in total. The molecular formula is C11H16N4O4S. The van der Waals surface area contributed by atoms with E-state index >= 15 is 0 Å². The van der Waals surface area contributed by atoms with E-state index in [9.17, 15) is 14.4 Å². The number of nitrogens with zero attached hydrogens (tertiary/aromatic N) is 1. The van der Waals surface area contributed by atoms with Crippen molar-refractivity contribution < 1.29 is 19.5 Å². The summed E-state index contributed by atoms with van der Waals surface area (Å²) in [5.74, 6) is -1.60. The van der Waals surface area contributed by atoms with Gasteiger partial charge in [-0.3, -0.25) is 9.59 Å². The molecule has 1 atom stereocenters. The van der Waals surface area contributed by atoms with E-state index in [4.69, 9.17) is 10.8 Å². The fraction of sp³-hybridized carbons (Fsp3) is 0.455. The van der Waals surface area contributed by atoms with Crippen molar-refractivity contribution in [3.8, 4) is 0 Å². The molecule has 1 aromatic heterocycles. The number of amides is 3. The summed E-state index contributed by atoms with van der Waals surface area (Å²) in [5.41, 5.74) is 5.38. The number of primary amides is 1. The van der Waals surface area contributed by atoms with Gasteiger partial charge in [-0.25, -0.2) is 9.78 Å². The highest BCUT2D eigenvalue weighted by molar-refractivity contribution is 7.13. The maximum atomic E-state index is 12.0. The van der Waals surface area contributed by atoms with Gasteiger partial charge >= 0.3 is 12.0 Å². The van der Waals surface area contributed by atoms with Crippen molar-refractivity contribution >= 4 is 34.4 Å². The van der Waals surface area contributed by atoms with Crippen LogP contribution in [0.5, 0.6) is 0 Å². The summed E-state index contributed by atoms with van der Waals surface area (Å²) in [4.78, 5) is 37.3. The van der Waals surface area contributed by atoms with Crippen LogP contribution in [0.4, 0.5) is 9.93 Å². The van der Waals surface area contributed by atoms with Gasteiger partial charge in [0.05, 0.1) is 12.1 Å². The van der Waals surface area contributed by atoms with Gasteiger partial charge in [0.15, 0.2) is 5.13 Å². The Kier molecular flexibility index (Phi) is 5.44. The number of aromatic nitrogens is 1. The summed E-state index contributed by atoms with van der Waals surface area (Å²) in [5, 5.41) is 15.3. The van der Waals surface area contributed by atoms with E-state index in [0.717, 1.165) is 11.3 Å². The van der Waals surface area contributed by atoms with Crippen molar-refractivity contribution in [1.29, 1.82) is 0 Å². The first-order valence-electron chi connectivity index (χ1n) is 5.82. The summed E-state index contributed by atoms with van der Waals surface area (Å²) >= 11 is 1.12. The largest absolute Gasteiger partial charge is 0.481 e. The molecule has 1 rings (SSSR count). The number of hydrogen-bond acceptors (Lipinski definition) is 5. The Balaban J connectivity index is 2.70. The van der Waals surface area contributed by atoms with E-state index in [1.165, 1.54) is 0 Å². The SMILES string of the molecule is CC(C)C(NC(N)=O)C(=O)Nc1nc(CC(=O)O)cs1. The highest BCUT2D eigenvalue weighted by atomic mass is 32.1. The van der Waals surface area contributed by atoms with E-state index in [1.807, 2.05) is 0 Å². The van der Waals surface area contributed by atoms with Crippen LogP contribution in [0.3, 0.4) is 0 Å². The Hall–Kier alpha value is -2.16. The first kappa shape index (κ1) is 15.9. The van der Waals surface area contributed by atoms with Gasteiger partial charge in [-0.2, -0.15) is 0 Å². The molecule has 0 saturated heterocycles. The highest BCUT2D eigenvalue weighted by Crippen LogP contribution is 2.17. The molecule has 1 aromatic rings. The maximum Gasteiger partial charge on any atom is 0.312 e. The average molecular weight is 300 g/mol. The second-order valence-corrected chi connectivity index (χ2v) is 5.29. The molecule has 0 aliphatic rings. The van der Waals surface area contributed by atoms with Gasteiger partial charge in [0, 0.05) is 5.38 Å². The van der Waals surface area contributed by atoms with Crippen LogP contribution in [0, 0.1) is 5.92 Å². The van der Waals surface area contributed by atoms with Crippen molar-refractivity contribution in [3.05, 3.63) is 11.1 Å². The summed E-state index contributed by atoms with van der Waals surface area (Å²) in [7, 11) is 0. The van der Waals surface area contributed by atoms with Gasteiger partial charge in [-0.15, -0.1) is 11.3 Å². The van der Waals surface area contributed by atoms with Crippen molar-refractivity contribution in [1.82, 2.24) is 10.3 Å². The van der Waals surface area contributed by atoms with Crippen LogP contribution < -0.4 is 16.4 Å². The lowest BCUT2D eigenvalue weighted by Crippen LogP contribution is -2.49. The number of rotatable bonds is 6. The monoisotopic (exact) mass is 300 g/mol. The molecule has 0 fully saturated rings. The second-order valence-electron chi connectivity index (χ2n) is 4.43. The average Bonchev–Trinajstić information content (AvgIpc) is 2.71. The molecule has 110 valence electrons. The van der Waals surface area contributed by atoms with Gasteiger partial charge in [0.25, 0.3) is 0 Å². The predicted octanol–water partition coefficient (Wildman–Crippen LogP) is 0.402. The summed E-state index contributed by atoms with van der Waals surface area (Å²) in [6.07, 6.45) is -0.209. The lowest BCUT2D eigenvalue weighted by molar-refractivity contribution is -0.136. The van der Waals surface area contributed by atoms with Gasteiger partial charge < -0.3 is 21.5 Å². The number of thiazole rings is 1. The lowest BCUT2D eigenvalue weighted by atomic mass is 10.0. The highest BCUT2D eigenvalue weighted by Gasteiger charge is 2.24. The molecule has 0 aliphatic heterocycles. The van der Waals surface area contributed by atoms with Crippen LogP contribution in [0.2, 0.25) is 0 Å². The van der Waals surface area contributed by atoms with Gasteiger partial charge in [0.1, 0.15) is 6.04 Å². The van der Waals surface area contributed by atoms with E-state index < -0.39 is 23.9 Å². The molecular weight excluding hydrogens is 284 g/mol. The summed E-state index contributed by atoms with van der Waals surface area (Å²) in [6, 6.07) is -1.57. The Morgan fingerprint density at radius 2 is 2.10 bits per heavy atom. The quantitative estimate of drug-likeness (QED) is 0.603. The van der Waals surface area contributed by atoms with Gasteiger partial charge in [-0.05, 0) is 5.92 Å². The van der Waals surface area contributed by atoms with Crippen LogP contribution >= 0.6 is 11.3 Å². The van der Waals surface area contributed by atoms with Crippen molar-refractivity contribution in [2.24, 2.45) is 11.7 Å².